The number of anilines is 3. The van der Waals surface area contributed by atoms with Gasteiger partial charge in [0.2, 0.25) is 0 Å². The maximum atomic E-state index is 9.91. The fourth-order valence-corrected chi connectivity index (χ4v) is 3.36. The molecule has 0 aliphatic carbocycles. The zero-order chi connectivity index (χ0) is 21.8. The SMILES string of the molecule is Cc1cc(O)ccc1N(c1ccccc1)c1ncnc2ccc(C#CC(N)CO)cc12. The molecule has 1 atom stereocenters. The summed E-state index contributed by atoms with van der Waals surface area (Å²) >= 11 is 0. The molecule has 31 heavy (non-hydrogen) atoms. The lowest BCUT2D eigenvalue weighted by molar-refractivity contribution is 0.287. The molecule has 0 radical (unpaired) electrons. The summed E-state index contributed by atoms with van der Waals surface area (Å²) in [5.41, 5.74) is 9.97. The highest BCUT2D eigenvalue weighted by atomic mass is 16.3. The molecule has 6 nitrogen and oxygen atoms in total. The van der Waals surface area contributed by atoms with Crippen LogP contribution in [0.3, 0.4) is 0 Å². The van der Waals surface area contributed by atoms with Crippen LogP contribution in [-0.4, -0.2) is 32.8 Å². The van der Waals surface area contributed by atoms with Gasteiger partial charge in [-0.3, -0.25) is 4.90 Å². The first kappa shape index (κ1) is 20.4. The van der Waals surface area contributed by atoms with E-state index in [4.69, 9.17) is 10.8 Å². The third-order valence-corrected chi connectivity index (χ3v) is 4.86. The van der Waals surface area contributed by atoms with E-state index in [9.17, 15) is 5.11 Å². The standard InChI is InChI=1S/C25H22N4O2/c1-17-13-21(31)10-12-24(17)29(20-5-3-2-4-6-20)25-22-14-18(7-9-19(26)15-30)8-11-23(22)27-16-28-25/h2-6,8,10-14,16,19,30-31H,15,26H2,1H3. The Balaban J connectivity index is 1.94. The topological polar surface area (TPSA) is 95.5 Å². The van der Waals surface area contributed by atoms with Gasteiger partial charge in [-0.1, -0.05) is 30.0 Å². The normalized spacial score (nSPS) is 11.6. The fraction of sp³-hybridized carbons (Fsp3) is 0.120. The summed E-state index contributed by atoms with van der Waals surface area (Å²) in [6.07, 6.45) is 1.54. The van der Waals surface area contributed by atoms with E-state index in [0.717, 1.165) is 33.4 Å². The van der Waals surface area contributed by atoms with Crippen molar-refractivity contribution in [3.63, 3.8) is 0 Å². The van der Waals surface area contributed by atoms with Crippen molar-refractivity contribution in [3.05, 3.63) is 84.2 Å². The van der Waals surface area contributed by atoms with E-state index < -0.39 is 6.04 Å². The molecular formula is C25H22N4O2. The van der Waals surface area contributed by atoms with Crippen molar-refractivity contribution in [1.29, 1.82) is 0 Å². The van der Waals surface area contributed by atoms with E-state index in [1.54, 1.807) is 12.1 Å². The van der Waals surface area contributed by atoms with Gasteiger partial charge in [0.05, 0.1) is 23.9 Å². The van der Waals surface area contributed by atoms with Gasteiger partial charge in [0.25, 0.3) is 0 Å². The number of nitrogens with zero attached hydrogens (tertiary/aromatic N) is 3. The fourth-order valence-electron chi connectivity index (χ4n) is 3.36. The summed E-state index contributed by atoms with van der Waals surface area (Å²) in [4.78, 5) is 11.1. The van der Waals surface area contributed by atoms with Crippen LogP contribution in [-0.2, 0) is 0 Å². The van der Waals surface area contributed by atoms with Crippen molar-refractivity contribution in [2.24, 2.45) is 5.73 Å². The Morgan fingerprint density at radius 1 is 1.03 bits per heavy atom. The second-order valence-corrected chi connectivity index (χ2v) is 7.13. The van der Waals surface area contributed by atoms with E-state index >= 15 is 0 Å². The predicted octanol–water partition coefficient (Wildman–Crippen LogP) is 3.78. The van der Waals surface area contributed by atoms with Crippen molar-refractivity contribution < 1.29 is 10.2 Å². The molecular weight excluding hydrogens is 388 g/mol. The number of hydrogen-bond acceptors (Lipinski definition) is 6. The summed E-state index contributed by atoms with van der Waals surface area (Å²) < 4.78 is 0. The average molecular weight is 410 g/mol. The molecule has 0 bridgehead atoms. The van der Waals surface area contributed by atoms with Crippen molar-refractivity contribution >= 4 is 28.1 Å². The first-order valence-electron chi connectivity index (χ1n) is 9.84. The number of phenols is 1. The van der Waals surface area contributed by atoms with Gasteiger partial charge >= 0.3 is 0 Å². The van der Waals surface area contributed by atoms with Crippen molar-refractivity contribution in [3.8, 4) is 17.6 Å². The summed E-state index contributed by atoms with van der Waals surface area (Å²) in [7, 11) is 0. The van der Waals surface area contributed by atoms with Gasteiger partial charge in [-0.2, -0.15) is 0 Å². The van der Waals surface area contributed by atoms with Crippen LogP contribution in [0.2, 0.25) is 0 Å². The van der Waals surface area contributed by atoms with E-state index in [-0.39, 0.29) is 12.4 Å². The Bertz CT molecular complexity index is 1280. The highest BCUT2D eigenvalue weighted by molar-refractivity contribution is 5.95. The second-order valence-electron chi connectivity index (χ2n) is 7.13. The number of para-hydroxylation sites is 1. The van der Waals surface area contributed by atoms with Crippen molar-refractivity contribution in [2.45, 2.75) is 13.0 Å². The molecule has 0 aliphatic rings. The summed E-state index contributed by atoms with van der Waals surface area (Å²) in [5, 5.41) is 19.9. The molecule has 6 heteroatoms. The molecule has 0 spiro atoms. The molecule has 1 heterocycles. The van der Waals surface area contributed by atoms with Crippen LogP contribution >= 0.6 is 0 Å². The van der Waals surface area contributed by atoms with Gasteiger partial charge in [-0.25, -0.2) is 9.97 Å². The van der Waals surface area contributed by atoms with Crippen LogP contribution in [0.15, 0.2) is 73.1 Å². The van der Waals surface area contributed by atoms with Crippen LogP contribution in [0.4, 0.5) is 17.2 Å². The Morgan fingerprint density at radius 2 is 1.84 bits per heavy atom. The van der Waals surface area contributed by atoms with Gasteiger partial charge in [0.15, 0.2) is 0 Å². The number of hydrogen-bond donors (Lipinski definition) is 3. The summed E-state index contributed by atoms with van der Waals surface area (Å²) in [6, 6.07) is 20.2. The highest BCUT2D eigenvalue weighted by Crippen LogP contribution is 2.39. The molecule has 0 aliphatic heterocycles. The van der Waals surface area contributed by atoms with E-state index in [2.05, 4.69) is 21.8 Å². The number of aromatic hydroxyl groups is 1. The molecule has 4 rings (SSSR count). The summed E-state index contributed by atoms with van der Waals surface area (Å²) in [6.45, 7) is 1.75. The lowest BCUT2D eigenvalue weighted by atomic mass is 10.1. The maximum Gasteiger partial charge on any atom is 0.148 e. The Kier molecular flexibility index (Phi) is 5.80. The molecule has 4 N–H and O–H groups in total. The van der Waals surface area contributed by atoms with E-state index in [1.807, 2.05) is 66.4 Å². The number of aromatic nitrogens is 2. The van der Waals surface area contributed by atoms with Crippen LogP contribution in [0.5, 0.6) is 5.75 Å². The van der Waals surface area contributed by atoms with Gasteiger partial charge < -0.3 is 15.9 Å². The zero-order valence-electron chi connectivity index (χ0n) is 17.0. The third kappa shape index (κ3) is 4.33. The van der Waals surface area contributed by atoms with E-state index in [1.165, 1.54) is 6.33 Å². The quantitative estimate of drug-likeness (QED) is 0.443. The molecule has 0 saturated heterocycles. The number of aliphatic hydroxyl groups is 1. The molecule has 1 unspecified atom stereocenters. The minimum atomic E-state index is -0.595. The number of phenolic OH excluding ortho intramolecular Hbond substituents is 1. The molecule has 0 amide bonds. The largest absolute Gasteiger partial charge is 0.508 e. The van der Waals surface area contributed by atoms with Crippen LogP contribution in [0.25, 0.3) is 10.9 Å². The Hall–Kier alpha value is -3.92. The van der Waals surface area contributed by atoms with Crippen LogP contribution in [0.1, 0.15) is 11.1 Å². The second kappa shape index (κ2) is 8.84. The smallest absolute Gasteiger partial charge is 0.148 e. The molecule has 3 aromatic carbocycles. The number of aliphatic hydroxyl groups excluding tert-OH is 1. The van der Waals surface area contributed by atoms with E-state index in [0.29, 0.717) is 5.82 Å². The first-order chi connectivity index (χ1) is 15.1. The molecule has 0 saturated carbocycles. The van der Waals surface area contributed by atoms with Gasteiger partial charge in [0, 0.05) is 16.6 Å². The zero-order valence-corrected chi connectivity index (χ0v) is 17.0. The maximum absolute atomic E-state index is 9.91. The minimum Gasteiger partial charge on any atom is -0.508 e. The van der Waals surface area contributed by atoms with Crippen molar-refractivity contribution in [2.75, 3.05) is 11.5 Å². The summed E-state index contributed by atoms with van der Waals surface area (Å²) in [5.74, 6) is 6.75. The first-order valence-corrected chi connectivity index (χ1v) is 9.84. The average Bonchev–Trinajstić information content (AvgIpc) is 2.79. The lowest BCUT2D eigenvalue weighted by Gasteiger charge is -2.26. The number of rotatable bonds is 4. The molecule has 0 fully saturated rings. The molecule has 154 valence electrons. The van der Waals surface area contributed by atoms with Gasteiger partial charge in [-0.15, -0.1) is 0 Å². The van der Waals surface area contributed by atoms with Gasteiger partial charge in [-0.05, 0) is 61.0 Å². The van der Waals surface area contributed by atoms with Crippen molar-refractivity contribution in [1.82, 2.24) is 9.97 Å². The molecule has 1 aromatic heterocycles. The monoisotopic (exact) mass is 410 g/mol. The van der Waals surface area contributed by atoms with Crippen LogP contribution < -0.4 is 10.6 Å². The third-order valence-electron chi connectivity index (χ3n) is 4.86. The van der Waals surface area contributed by atoms with Crippen LogP contribution in [0, 0.1) is 18.8 Å². The minimum absolute atomic E-state index is 0.198. The lowest BCUT2D eigenvalue weighted by Crippen LogP contribution is -2.21. The predicted molar refractivity (Wildman–Crippen MR) is 123 cm³/mol. The Labute approximate surface area is 180 Å². The Morgan fingerprint density at radius 3 is 2.58 bits per heavy atom. The molecule has 4 aromatic rings. The number of aryl methyl sites for hydroxylation is 1. The van der Waals surface area contributed by atoms with Gasteiger partial charge in [0.1, 0.15) is 17.9 Å². The number of nitrogens with two attached hydrogens (primary N) is 1. The number of benzene rings is 3. The highest BCUT2D eigenvalue weighted by Gasteiger charge is 2.19. The number of fused-ring (bicyclic) bond motifs is 1.